The SMILES string of the molecule is CN(C)c1oc(COc2ccc(-c3ccccc3)cc2)nc1C#N. The van der Waals surface area contributed by atoms with Gasteiger partial charge in [0.25, 0.3) is 0 Å². The summed E-state index contributed by atoms with van der Waals surface area (Å²) in [5.41, 5.74) is 2.55. The summed E-state index contributed by atoms with van der Waals surface area (Å²) in [4.78, 5) is 5.85. The molecule has 0 N–H and O–H groups in total. The van der Waals surface area contributed by atoms with Crippen molar-refractivity contribution < 1.29 is 9.15 Å². The van der Waals surface area contributed by atoms with Crippen LogP contribution in [0.15, 0.2) is 59.0 Å². The molecule has 0 saturated heterocycles. The lowest BCUT2D eigenvalue weighted by Gasteiger charge is -2.07. The Bertz CT molecular complexity index is 847. The fourth-order valence-corrected chi connectivity index (χ4v) is 2.31. The zero-order chi connectivity index (χ0) is 16.9. The number of nitrogens with zero attached hydrogens (tertiary/aromatic N) is 3. The summed E-state index contributed by atoms with van der Waals surface area (Å²) in [5, 5.41) is 9.06. The highest BCUT2D eigenvalue weighted by Crippen LogP contribution is 2.24. The van der Waals surface area contributed by atoms with Gasteiger partial charge < -0.3 is 14.1 Å². The van der Waals surface area contributed by atoms with E-state index in [1.807, 2.05) is 48.5 Å². The first-order chi connectivity index (χ1) is 11.7. The molecule has 2 aromatic carbocycles. The maximum atomic E-state index is 9.06. The van der Waals surface area contributed by atoms with Crippen molar-refractivity contribution in [3.63, 3.8) is 0 Å². The number of ether oxygens (including phenoxy) is 1. The zero-order valence-corrected chi connectivity index (χ0v) is 13.6. The second-order valence-electron chi connectivity index (χ2n) is 5.45. The number of benzene rings is 2. The zero-order valence-electron chi connectivity index (χ0n) is 13.6. The quantitative estimate of drug-likeness (QED) is 0.714. The van der Waals surface area contributed by atoms with Gasteiger partial charge in [-0.1, -0.05) is 42.5 Å². The van der Waals surface area contributed by atoms with Crippen LogP contribution >= 0.6 is 0 Å². The minimum Gasteiger partial charge on any atom is -0.484 e. The average molecular weight is 319 g/mol. The molecule has 3 rings (SSSR count). The van der Waals surface area contributed by atoms with Crippen LogP contribution in [0.5, 0.6) is 5.75 Å². The third-order valence-corrected chi connectivity index (χ3v) is 3.49. The van der Waals surface area contributed by atoms with E-state index in [-0.39, 0.29) is 12.3 Å². The van der Waals surface area contributed by atoms with Crippen LogP contribution in [-0.4, -0.2) is 19.1 Å². The standard InChI is InChI=1S/C19H17N3O2/c1-22(2)19-17(12-20)21-18(24-19)13-23-16-10-8-15(9-11-16)14-6-4-3-5-7-14/h3-11H,13H2,1-2H3. The molecule has 3 aromatic rings. The Labute approximate surface area is 140 Å². The summed E-state index contributed by atoms with van der Waals surface area (Å²) in [6.07, 6.45) is 0. The van der Waals surface area contributed by atoms with Crippen LogP contribution < -0.4 is 9.64 Å². The first-order valence-corrected chi connectivity index (χ1v) is 7.53. The molecule has 0 bridgehead atoms. The third kappa shape index (κ3) is 3.39. The summed E-state index contributed by atoms with van der Waals surface area (Å²) < 4.78 is 11.2. The molecule has 0 atom stereocenters. The van der Waals surface area contributed by atoms with Gasteiger partial charge in [0.1, 0.15) is 11.8 Å². The highest BCUT2D eigenvalue weighted by molar-refractivity contribution is 5.63. The summed E-state index contributed by atoms with van der Waals surface area (Å²) in [6, 6.07) is 20.0. The molecule has 0 fully saturated rings. The van der Waals surface area contributed by atoms with Crippen molar-refractivity contribution in [2.75, 3.05) is 19.0 Å². The van der Waals surface area contributed by atoms with Crippen LogP contribution in [0.2, 0.25) is 0 Å². The Morgan fingerprint density at radius 1 is 1.04 bits per heavy atom. The third-order valence-electron chi connectivity index (χ3n) is 3.49. The molecule has 5 heteroatoms. The van der Waals surface area contributed by atoms with E-state index in [1.54, 1.807) is 19.0 Å². The fourth-order valence-electron chi connectivity index (χ4n) is 2.31. The van der Waals surface area contributed by atoms with Crippen LogP contribution in [0.3, 0.4) is 0 Å². The molecule has 120 valence electrons. The number of nitriles is 1. The average Bonchev–Trinajstić information content (AvgIpc) is 3.05. The van der Waals surface area contributed by atoms with Crippen molar-refractivity contribution in [1.29, 1.82) is 5.26 Å². The summed E-state index contributed by atoms with van der Waals surface area (Å²) in [5.74, 6) is 1.54. The van der Waals surface area contributed by atoms with Crippen molar-refractivity contribution in [3.05, 3.63) is 66.2 Å². The van der Waals surface area contributed by atoms with Gasteiger partial charge >= 0.3 is 0 Å². The molecule has 1 aromatic heterocycles. The van der Waals surface area contributed by atoms with Gasteiger partial charge in [0.15, 0.2) is 6.61 Å². The van der Waals surface area contributed by atoms with Crippen molar-refractivity contribution in [2.24, 2.45) is 0 Å². The van der Waals surface area contributed by atoms with E-state index < -0.39 is 0 Å². The van der Waals surface area contributed by atoms with Gasteiger partial charge in [0, 0.05) is 14.1 Å². The first-order valence-electron chi connectivity index (χ1n) is 7.53. The molecule has 0 spiro atoms. The lowest BCUT2D eigenvalue weighted by molar-refractivity contribution is 0.264. The van der Waals surface area contributed by atoms with Gasteiger partial charge in [-0.3, -0.25) is 0 Å². The molecule has 5 nitrogen and oxygen atoms in total. The van der Waals surface area contributed by atoms with E-state index in [0.29, 0.717) is 11.8 Å². The van der Waals surface area contributed by atoms with E-state index in [9.17, 15) is 0 Å². The molecular weight excluding hydrogens is 302 g/mol. The normalized spacial score (nSPS) is 10.2. The Balaban J connectivity index is 1.68. The molecule has 0 aliphatic rings. The maximum absolute atomic E-state index is 9.06. The van der Waals surface area contributed by atoms with Crippen molar-refractivity contribution in [3.8, 4) is 22.9 Å². The van der Waals surface area contributed by atoms with Gasteiger partial charge in [-0.15, -0.1) is 0 Å². The molecular formula is C19H17N3O2. The van der Waals surface area contributed by atoms with Crippen molar-refractivity contribution in [2.45, 2.75) is 6.61 Å². The largest absolute Gasteiger partial charge is 0.484 e. The smallest absolute Gasteiger partial charge is 0.236 e. The highest BCUT2D eigenvalue weighted by Gasteiger charge is 2.14. The molecule has 0 amide bonds. The Kier molecular flexibility index (Phi) is 4.48. The number of aromatic nitrogens is 1. The molecule has 0 unspecified atom stereocenters. The summed E-state index contributed by atoms with van der Waals surface area (Å²) >= 11 is 0. The van der Waals surface area contributed by atoms with E-state index in [1.165, 1.54) is 0 Å². The monoisotopic (exact) mass is 319 g/mol. The minimum atomic E-state index is 0.174. The van der Waals surface area contributed by atoms with Crippen LogP contribution in [0.4, 0.5) is 5.88 Å². The Morgan fingerprint density at radius 3 is 2.29 bits per heavy atom. The molecule has 0 aliphatic heterocycles. The molecule has 0 radical (unpaired) electrons. The fraction of sp³-hybridized carbons (Fsp3) is 0.158. The van der Waals surface area contributed by atoms with Crippen molar-refractivity contribution in [1.82, 2.24) is 4.98 Å². The van der Waals surface area contributed by atoms with Crippen LogP contribution in [0.25, 0.3) is 11.1 Å². The van der Waals surface area contributed by atoms with Gasteiger partial charge in [-0.25, -0.2) is 0 Å². The summed E-state index contributed by atoms with van der Waals surface area (Å²) in [7, 11) is 3.60. The molecule has 0 aliphatic carbocycles. The second-order valence-corrected chi connectivity index (χ2v) is 5.45. The number of hydrogen-bond donors (Lipinski definition) is 0. The number of rotatable bonds is 5. The number of hydrogen-bond acceptors (Lipinski definition) is 5. The van der Waals surface area contributed by atoms with E-state index >= 15 is 0 Å². The van der Waals surface area contributed by atoms with Crippen LogP contribution in [-0.2, 0) is 6.61 Å². The predicted octanol–water partition coefficient (Wildman–Crippen LogP) is 3.86. The van der Waals surface area contributed by atoms with Gasteiger partial charge in [-0.2, -0.15) is 10.2 Å². The Morgan fingerprint density at radius 2 is 1.71 bits per heavy atom. The first kappa shape index (κ1) is 15.6. The topological polar surface area (TPSA) is 62.3 Å². The van der Waals surface area contributed by atoms with Crippen LogP contribution in [0.1, 0.15) is 11.6 Å². The number of anilines is 1. The second kappa shape index (κ2) is 6.88. The lowest BCUT2D eigenvalue weighted by atomic mass is 10.1. The van der Waals surface area contributed by atoms with E-state index in [4.69, 9.17) is 14.4 Å². The van der Waals surface area contributed by atoms with Gasteiger partial charge in [0.2, 0.25) is 17.5 Å². The number of oxazole rings is 1. The lowest BCUT2D eigenvalue weighted by Crippen LogP contribution is -2.08. The molecule has 0 saturated carbocycles. The van der Waals surface area contributed by atoms with E-state index in [2.05, 4.69) is 17.1 Å². The summed E-state index contributed by atoms with van der Waals surface area (Å²) in [6.45, 7) is 0.174. The Hall–Kier alpha value is -3.26. The van der Waals surface area contributed by atoms with Crippen LogP contribution in [0, 0.1) is 11.3 Å². The van der Waals surface area contributed by atoms with Gasteiger partial charge in [0.05, 0.1) is 0 Å². The van der Waals surface area contributed by atoms with Crippen molar-refractivity contribution >= 4 is 5.88 Å². The highest BCUT2D eigenvalue weighted by atomic mass is 16.5. The van der Waals surface area contributed by atoms with Gasteiger partial charge in [-0.05, 0) is 23.3 Å². The predicted molar refractivity (Wildman–Crippen MR) is 91.8 cm³/mol. The molecule has 24 heavy (non-hydrogen) atoms. The molecule has 1 heterocycles. The van der Waals surface area contributed by atoms with E-state index in [0.717, 1.165) is 16.9 Å². The maximum Gasteiger partial charge on any atom is 0.236 e. The minimum absolute atomic E-state index is 0.174.